The van der Waals surface area contributed by atoms with Crippen LogP contribution < -0.4 is 20.1 Å². The summed E-state index contributed by atoms with van der Waals surface area (Å²) in [4.78, 5) is 12.2. The maximum atomic E-state index is 12.2. The molecule has 0 spiro atoms. The topological polar surface area (TPSA) is 59.6 Å². The monoisotopic (exact) mass is 334 g/mol. The number of nitrogens with one attached hydrogen (secondary N) is 2. The van der Waals surface area contributed by atoms with Crippen molar-refractivity contribution in [2.45, 2.75) is 65.0 Å². The van der Waals surface area contributed by atoms with E-state index >= 15 is 0 Å². The molecule has 1 saturated carbocycles. The second kappa shape index (κ2) is 9.40. The van der Waals surface area contributed by atoms with Crippen molar-refractivity contribution in [3.8, 4) is 11.5 Å². The molecule has 1 aromatic rings. The highest BCUT2D eigenvalue weighted by Gasteiger charge is 2.18. The standard InChI is InChI=1S/C19H30N2O3/c1-4-23-17-12-11-15(13-18(17)24-5-2)14(3)20-19(22)21-16-9-7-6-8-10-16/h11-14,16H,4-10H2,1-3H3,(H2,20,21,22). The van der Waals surface area contributed by atoms with E-state index in [-0.39, 0.29) is 12.1 Å². The van der Waals surface area contributed by atoms with Crippen molar-refractivity contribution in [2.75, 3.05) is 13.2 Å². The molecule has 2 rings (SSSR count). The lowest BCUT2D eigenvalue weighted by Crippen LogP contribution is -2.43. The number of amides is 2. The fourth-order valence-corrected chi connectivity index (χ4v) is 3.09. The summed E-state index contributed by atoms with van der Waals surface area (Å²) < 4.78 is 11.2. The van der Waals surface area contributed by atoms with Crippen LogP contribution in [0.4, 0.5) is 4.79 Å². The van der Waals surface area contributed by atoms with E-state index in [1.807, 2.05) is 39.0 Å². The molecule has 1 aliphatic rings. The lowest BCUT2D eigenvalue weighted by molar-refractivity contribution is 0.229. The molecule has 1 unspecified atom stereocenters. The number of hydrogen-bond acceptors (Lipinski definition) is 3. The molecular weight excluding hydrogens is 304 g/mol. The second-order valence-electron chi connectivity index (χ2n) is 6.25. The lowest BCUT2D eigenvalue weighted by Gasteiger charge is -2.24. The van der Waals surface area contributed by atoms with Crippen LogP contribution in [-0.4, -0.2) is 25.3 Å². The van der Waals surface area contributed by atoms with Crippen LogP contribution in [0.5, 0.6) is 11.5 Å². The maximum absolute atomic E-state index is 12.2. The quantitative estimate of drug-likeness (QED) is 0.786. The first-order valence-corrected chi connectivity index (χ1v) is 9.10. The third-order valence-corrected chi connectivity index (χ3v) is 4.36. The highest BCUT2D eigenvalue weighted by Crippen LogP contribution is 2.30. The molecule has 5 heteroatoms. The Morgan fingerprint density at radius 3 is 2.46 bits per heavy atom. The average Bonchev–Trinajstić information content (AvgIpc) is 2.57. The average molecular weight is 334 g/mol. The van der Waals surface area contributed by atoms with Crippen molar-refractivity contribution in [3.05, 3.63) is 23.8 Å². The number of rotatable bonds is 7. The molecule has 1 atom stereocenters. The molecule has 0 aliphatic heterocycles. The first-order valence-electron chi connectivity index (χ1n) is 9.10. The van der Waals surface area contributed by atoms with Gasteiger partial charge in [-0.3, -0.25) is 0 Å². The van der Waals surface area contributed by atoms with Gasteiger partial charge in [0.25, 0.3) is 0 Å². The summed E-state index contributed by atoms with van der Waals surface area (Å²) >= 11 is 0. The molecule has 24 heavy (non-hydrogen) atoms. The van der Waals surface area contributed by atoms with Crippen molar-refractivity contribution in [1.29, 1.82) is 0 Å². The Morgan fingerprint density at radius 2 is 1.79 bits per heavy atom. The Labute approximate surface area is 145 Å². The Morgan fingerprint density at radius 1 is 1.12 bits per heavy atom. The molecule has 134 valence electrons. The lowest BCUT2D eigenvalue weighted by atomic mass is 9.96. The van der Waals surface area contributed by atoms with Crippen LogP contribution >= 0.6 is 0 Å². The van der Waals surface area contributed by atoms with Crippen LogP contribution in [0.3, 0.4) is 0 Å². The van der Waals surface area contributed by atoms with Gasteiger partial charge >= 0.3 is 6.03 Å². The molecule has 0 aromatic heterocycles. The summed E-state index contributed by atoms with van der Waals surface area (Å²) in [6, 6.07) is 5.94. The Kier molecular flexibility index (Phi) is 7.22. The summed E-state index contributed by atoms with van der Waals surface area (Å²) in [6.07, 6.45) is 5.86. The van der Waals surface area contributed by atoms with Gasteiger partial charge < -0.3 is 20.1 Å². The number of carbonyl (C=O) groups is 1. The molecule has 0 heterocycles. The van der Waals surface area contributed by atoms with Crippen LogP contribution in [0.25, 0.3) is 0 Å². The summed E-state index contributed by atoms with van der Waals surface area (Å²) in [5, 5.41) is 6.10. The van der Waals surface area contributed by atoms with Gasteiger partial charge in [-0.25, -0.2) is 4.79 Å². The number of ether oxygens (including phenoxy) is 2. The van der Waals surface area contributed by atoms with Crippen LogP contribution in [0.2, 0.25) is 0 Å². The van der Waals surface area contributed by atoms with Gasteiger partial charge in [-0.05, 0) is 51.3 Å². The molecular formula is C19H30N2O3. The number of carbonyl (C=O) groups excluding carboxylic acids is 1. The van der Waals surface area contributed by atoms with E-state index in [9.17, 15) is 4.79 Å². The van der Waals surface area contributed by atoms with Gasteiger partial charge in [0.2, 0.25) is 0 Å². The minimum atomic E-state index is -0.0961. The number of urea groups is 1. The first-order chi connectivity index (χ1) is 11.6. The zero-order valence-corrected chi connectivity index (χ0v) is 15.1. The van der Waals surface area contributed by atoms with Crippen LogP contribution in [0, 0.1) is 0 Å². The fourth-order valence-electron chi connectivity index (χ4n) is 3.09. The first kappa shape index (κ1) is 18.4. The predicted molar refractivity (Wildman–Crippen MR) is 95.7 cm³/mol. The Hall–Kier alpha value is -1.91. The molecule has 1 fully saturated rings. The summed E-state index contributed by atoms with van der Waals surface area (Å²) in [6.45, 7) is 7.04. The van der Waals surface area contributed by atoms with Gasteiger partial charge in [-0.15, -0.1) is 0 Å². The molecule has 5 nitrogen and oxygen atoms in total. The molecule has 2 amide bonds. The molecule has 1 aliphatic carbocycles. The van der Waals surface area contributed by atoms with E-state index in [4.69, 9.17) is 9.47 Å². The van der Waals surface area contributed by atoms with Crippen LogP contribution in [0.15, 0.2) is 18.2 Å². The summed E-state index contributed by atoms with van der Waals surface area (Å²) in [5.41, 5.74) is 1.00. The Bertz CT molecular complexity index is 527. The molecule has 1 aromatic carbocycles. The van der Waals surface area contributed by atoms with Crippen LogP contribution in [-0.2, 0) is 0 Å². The van der Waals surface area contributed by atoms with Gasteiger partial charge in [-0.1, -0.05) is 25.3 Å². The van der Waals surface area contributed by atoms with E-state index in [1.165, 1.54) is 19.3 Å². The smallest absolute Gasteiger partial charge is 0.315 e. The summed E-state index contributed by atoms with van der Waals surface area (Å²) in [5.74, 6) is 1.46. The SMILES string of the molecule is CCOc1ccc(C(C)NC(=O)NC2CCCCC2)cc1OCC. The highest BCUT2D eigenvalue weighted by molar-refractivity contribution is 5.74. The second-order valence-corrected chi connectivity index (χ2v) is 6.25. The number of hydrogen-bond donors (Lipinski definition) is 2. The van der Waals surface area contributed by atoms with Gasteiger partial charge in [0.1, 0.15) is 0 Å². The molecule has 0 radical (unpaired) electrons. The highest BCUT2D eigenvalue weighted by atomic mass is 16.5. The third kappa shape index (κ3) is 5.32. The van der Waals surface area contributed by atoms with E-state index in [0.717, 1.165) is 29.9 Å². The predicted octanol–water partition coefficient (Wildman–Crippen LogP) is 4.18. The van der Waals surface area contributed by atoms with Gasteiger partial charge in [-0.2, -0.15) is 0 Å². The van der Waals surface area contributed by atoms with Gasteiger partial charge in [0, 0.05) is 6.04 Å². The molecule has 0 bridgehead atoms. The minimum absolute atomic E-state index is 0.0940. The van der Waals surface area contributed by atoms with E-state index in [0.29, 0.717) is 19.3 Å². The van der Waals surface area contributed by atoms with E-state index < -0.39 is 0 Å². The number of benzene rings is 1. The zero-order chi connectivity index (χ0) is 17.4. The maximum Gasteiger partial charge on any atom is 0.315 e. The van der Waals surface area contributed by atoms with Crippen LogP contribution in [0.1, 0.15) is 64.5 Å². The zero-order valence-electron chi connectivity index (χ0n) is 15.1. The van der Waals surface area contributed by atoms with Crippen molar-refractivity contribution in [3.63, 3.8) is 0 Å². The largest absolute Gasteiger partial charge is 0.490 e. The normalized spacial score (nSPS) is 16.3. The van der Waals surface area contributed by atoms with Gasteiger partial charge in [0.05, 0.1) is 19.3 Å². The van der Waals surface area contributed by atoms with Crippen molar-refractivity contribution < 1.29 is 14.3 Å². The molecule has 0 saturated heterocycles. The minimum Gasteiger partial charge on any atom is -0.490 e. The van der Waals surface area contributed by atoms with Crippen molar-refractivity contribution in [2.24, 2.45) is 0 Å². The summed E-state index contributed by atoms with van der Waals surface area (Å²) in [7, 11) is 0. The van der Waals surface area contributed by atoms with Crippen molar-refractivity contribution in [1.82, 2.24) is 10.6 Å². The Balaban J connectivity index is 1.96. The van der Waals surface area contributed by atoms with Gasteiger partial charge in [0.15, 0.2) is 11.5 Å². The molecule has 2 N–H and O–H groups in total. The fraction of sp³-hybridized carbons (Fsp3) is 0.632. The third-order valence-electron chi connectivity index (χ3n) is 4.36. The van der Waals surface area contributed by atoms with Crippen molar-refractivity contribution >= 4 is 6.03 Å². The van der Waals surface area contributed by atoms with E-state index in [2.05, 4.69) is 10.6 Å². The van der Waals surface area contributed by atoms with E-state index in [1.54, 1.807) is 0 Å².